The first-order valence-corrected chi connectivity index (χ1v) is 6.79. The fourth-order valence-corrected chi connectivity index (χ4v) is 2.85. The molecule has 2 aliphatic rings. The van der Waals surface area contributed by atoms with E-state index in [2.05, 4.69) is 0 Å². The summed E-state index contributed by atoms with van der Waals surface area (Å²) >= 11 is 0. The number of carbonyl (C=O) groups excluding carboxylic acids is 2. The Morgan fingerprint density at radius 2 is 2.11 bits per heavy atom. The molecular formula is C13H21NO4. The van der Waals surface area contributed by atoms with E-state index in [1.807, 2.05) is 11.8 Å². The van der Waals surface area contributed by atoms with Crippen LogP contribution in [0.25, 0.3) is 0 Å². The van der Waals surface area contributed by atoms with Crippen LogP contribution in [0.5, 0.6) is 0 Å². The van der Waals surface area contributed by atoms with Gasteiger partial charge in [-0.05, 0) is 38.5 Å². The minimum Gasteiger partial charge on any atom is -0.466 e. The van der Waals surface area contributed by atoms with Crippen molar-refractivity contribution in [3.05, 3.63) is 0 Å². The molecule has 0 aromatic rings. The van der Waals surface area contributed by atoms with E-state index in [0.29, 0.717) is 38.1 Å². The second-order valence-electron chi connectivity index (χ2n) is 4.99. The third-order valence-corrected chi connectivity index (χ3v) is 3.81. The molecule has 1 heterocycles. The summed E-state index contributed by atoms with van der Waals surface area (Å²) < 4.78 is 9.92. The molecule has 0 aromatic carbocycles. The van der Waals surface area contributed by atoms with Gasteiger partial charge in [0.25, 0.3) is 0 Å². The van der Waals surface area contributed by atoms with Crippen LogP contribution in [0.3, 0.4) is 0 Å². The molecule has 1 aliphatic carbocycles. The maximum Gasteiger partial charge on any atom is 0.410 e. The normalized spacial score (nSPS) is 28.1. The summed E-state index contributed by atoms with van der Waals surface area (Å²) in [6.07, 6.45) is 4.27. The van der Waals surface area contributed by atoms with Crippen molar-refractivity contribution in [3.8, 4) is 0 Å². The molecule has 0 N–H and O–H groups in total. The number of nitrogens with zero attached hydrogens (tertiary/aromatic N) is 1. The quantitative estimate of drug-likeness (QED) is 0.720. The lowest BCUT2D eigenvalue weighted by atomic mass is 9.83. The molecule has 5 heteroatoms. The van der Waals surface area contributed by atoms with Gasteiger partial charge < -0.3 is 14.4 Å². The SMILES string of the molecule is CCOC(=O)CC1CCC(N2CCOC2=O)CC1. The molecule has 1 saturated carbocycles. The molecule has 0 radical (unpaired) electrons. The highest BCUT2D eigenvalue weighted by Crippen LogP contribution is 2.31. The van der Waals surface area contributed by atoms with Crippen LogP contribution in [0.4, 0.5) is 4.79 Å². The summed E-state index contributed by atoms with van der Waals surface area (Å²) in [5, 5.41) is 0. The first-order chi connectivity index (χ1) is 8.70. The van der Waals surface area contributed by atoms with Gasteiger partial charge in [0.15, 0.2) is 0 Å². The highest BCUT2D eigenvalue weighted by molar-refractivity contribution is 5.70. The summed E-state index contributed by atoms with van der Waals surface area (Å²) in [6.45, 7) is 3.51. The zero-order chi connectivity index (χ0) is 13.0. The van der Waals surface area contributed by atoms with E-state index < -0.39 is 0 Å². The first-order valence-electron chi connectivity index (χ1n) is 6.79. The second kappa shape index (κ2) is 6.07. The summed E-state index contributed by atoms with van der Waals surface area (Å²) in [4.78, 5) is 24.7. The van der Waals surface area contributed by atoms with Gasteiger partial charge in [-0.3, -0.25) is 4.79 Å². The monoisotopic (exact) mass is 255 g/mol. The largest absolute Gasteiger partial charge is 0.466 e. The summed E-state index contributed by atoms with van der Waals surface area (Å²) in [5.41, 5.74) is 0. The van der Waals surface area contributed by atoms with Gasteiger partial charge in [-0.1, -0.05) is 0 Å². The Morgan fingerprint density at radius 3 is 2.67 bits per heavy atom. The number of ether oxygens (including phenoxy) is 2. The van der Waals surface area contributed by atoms with E-state index in [4.69, 9.17) is 9.47 Å². The van der Waals surface area contributed by atoms with Crippen molar-refractivity contribution in [3.63, 3.8) is 0 Å². The van der Waals surface area contributed by atoms with Crippen molar-refractivity contribution in [2.24, 2.45) is 5.92 Å². The molecule has 1 aliphatic heterocycles. The molecule has 1 saturated heterocycles. The Labute approximate surface area is 107 Å². The molecule has 0 aromatic heterocycles. The fraction of sp³-hybridized carbons (Fsp3) is 0.846. The van der Waals surface area contributed by atoms with Gasteiger partial charge in [-0.15, -0.1) is 0 Å². The molecule has 0 spiro atoms. The van der Waals surface area contributed by atoms with E-state index in [1.54, 1.807) is 0 Å². The van der Waals surface area contributed by atoms with Crippen LogP contribution in [-0.4, -0.2) is 42.8 Å². The highest BCUT2D eigenvalue weighted by Gasteiger charge is 2.33. The first kappa shape index (κ1) is 13.2. The average Bonchev–Trinajstić information content (AvgIpc) is 2.77. The zero-order valence-corrected chi connectivity index (χ0v) is 10.9. The summed E-state index contributed by atoms with van der Waals surface area (Å²) in [5.74, 6) is 0.320. The lowest BCUT2D eigenvalue weighted by Crippen LogP contribution is -2.38. The van der Waals surface area contributed by atoms with Gasteiger partial charge >= 0.3 is 12.1 Å². The Kier molecular flexibility index (Phi) is 4.44. The Hall–Kier alpha value is -1.26. The van der Waals surface area contributed by atoms with Gasteiger partial charge in [0.05, 0.1) is 13.2 Å². The molecule has 2 rings (SSSR count). The van der Waals surface area contributed by atoms with E-state index in [1.165, 1.54) is 0 Å². The fourth-order valence-electron chi connectivity index (χ4n) is 2.85. The van der Waals surface area contributed by atoms with Crippen molar-refractivity contribution < 1.29 is 19.1 Å². The zero-order valence-electron chi connectivity index (χ0n) is 10.9. The number of carbonyl (C=O) groups is 2. The van der Waals surface area contributed by atoms with E-state index in [0.717, 1.165) is 25.7 Å². The molecule has 0 bridgehead atoms. The molecule has 5 nitrogen and oxygen atoms in total. The molecule has 0 unspecified atom stereocenters. The summed E-state index contributed by atoms with van der Waals surface area (Å²) in [6, 6.07) is 0.304. The minimum absolute atomic E-state index is 0.0958. The molecule has 102 valence electrons. The van der Waals surface area contributed by atoms with Gasteiger partial charge in [0.2, 0.25) is 0 Å². The van der Waals surface area contributed by atoms with Crippen LogP contribution >= 0.6 is 0 Å². The summed E-state index contributed by atoms with van der Waals surface area (Å²) in [7, 11) is 0. The molecule has 18 heavy (non-hydrogen) atoms. The van der Waals surface area contributed by atoms with E-state index in [-0.39, 0.29) is 12.1 Å². The topological polar surface area (TPSA) is 55.8 Å². The van der Waals surface area contributed by atoms with Crippen LogP contribution in [-0.2, 0) is 14.3 Å². The Morgan fingerprint density at radius 1 is 1.39 bits per heavy atom. The maximum atomic E-state index is 11.4. The predicted molar refractivity (Wildman–Crippen MR) is 65.1 cm³/mol. The molecule has 1 amide bonds. The third kappa shape index (κ3) is 3.15. The van der Waals surface area contributed by atoms with Crippen LogP contribution < -0.4 is 0 Å². The third-order valence-electron chi connectivity index (χ3n) is 3.81. The van der Waals surface area contributed by atoms with E-state index >= 15 is 0 Å². The molecule has 2 fully saturated rings. The maximum absolute atomic E-state index is 11.4. The van der Waals surface area contributed by atoms with Gasteiger partial charge in [-0.2, -0.15) is 0 Å². The Balaban J connectivity index is 1.74. The van der Waals surface area contributed by atoms with Crippen molar-refractivity contribution in [1.82, 2.24) is 4.90 Å². The molecule has 0 atom stereocenters. The number of rotatable bonds is 4. The minimum atomic E-state index is -0.177. The van der Waals surface area contributed by atoms with Crippen LogP contribution in [0.1, 0.15) is 39.0 Å². The lowest BCUT2D eigenvalue weighted by Gasteiger charge is -2.32. The van der Waals surface area contributed by atoms with Crippen molar-refractivity contribution in [2.75, 3.05) is 19.8 Å². The van der Waals surface area contributed by atoms with Crippen molar-refractivity contribution in [1.29, 1.82) is 0 Å². The lowest BCUT2D eigenvalue weighted by molar-refractivity contribution is -0.144. The number of hydrogen-bond donors (Lipinski definition) is 0. The van der Waals surface area contributed by atoms with Crippen LogP contribution in [0.2, 0.25) is 0 Å². The van der Waals surface area contributed by atoms with Crippen molar-refractivity contribution in [2.45, 2.75) is 45.1 Å². The molecular weight excluding hydrogens is 234 g/mol. The van der Waals surface area contributed by atoms with Gasteiger partial charge in [0.1, 0.15) is 6.61 Å². The standard InChI is InChI=1S/C13H21NO4/c1-2-17-12(15)9-10-3-5-11(6-4-10)14-7-8-18-13(14)16/h10-11H,2-9H2,1H3. The number of hydrogen-bond acceptors (Lipinski definition) is 4. The number of amides is 1. The van der Waals surface area contributed by atoms with E-state index in [9.17, 15) is 9.59 Å². The van der Waals surface area contributed by atoms with Crippen LogP contribution in [0.15, 0.2) is 0 Å². The average molecular weight is 255 g/mol. The predicted octanol–water partition coefficient (Wildman–Crippen LogP) is 1.95. The highest BCUT2D eigenvalue weighted by atomic mass is 16.6. The number of cyclic esters (lactones) is 1. The van der Waals surface area contributed by atoms with Crippen LogP contribution in [0, 0.1) is 5.92 Å². The second-order valence-corrected chi connectivity index (χ2v) is 4.99. The Bertz CT molecular complexity index is 310. The number of esters is 1. The van der Waals surface area contributed by atoms with Crippen molar-refractivity contribution >= 4 is 12.1 Å². The smallest absolute Gasteiger partial charge is 0.410 e. The van der Waals surface area contributed by atoms with Gasteiger partial charge in [-0.25, -0.2) is 4.79 Å². The van der Waals surface area contributed by atoms with Gasteiger partial charge in [0, 0.05) is 12.5 Å².